The van der Waals surface area contributed by atoms with Gasteiger partial charge in [0.2, 0.25) is 5.91 Å². The van der Waals surface area contributed by atoms with Crippen LogP contribution >= 0.6 is 22.7 Å². The minimum Gasteiger partial charge on any atom is -0.494 e. The lowest BCUT2D eigenvalue weighted by atomic mass is 10.0. The highest BCUT2D eigenvalue weighted by atomic mass is 32.1. The zero-order chi connectivity index (χ0) is 79.6. The zero-order valence-corrected chi connectivity index (χ0v) is 71.3. The van der Waals surface area contributed by atoms with Crippen molar-refractivity contribution in [1.29, 1.82) is 0 Å². The minimum absolute atomic E-state index is 0.0685. The lowest BCUT2D eigenvalue weighted by Crippen LogP contribution is -2.39. The van der Waals surface area contributed by atoms with E-state index in [9.17, 15) is 9.90 Å². The van der Waals surface area contributed by atoms with Crippen LogP contribution in [0.1, 0.15) is 162 Å². The number of nitrogens with zero attached hydrogens (tertiary/aromatic N) is 17. The summed E-state index contributed by atoms with van der Waals surface area (Å²) in [4.78, 5) is 62.9. The third-order valence-corrected chi connectivity index (χ3v) is 26.5. The molecule has 6 aromatic heterocycles. The van der Waals surface area contributed by atoms with Gasteiger partial charge in [0.1, 0.15) is 34.3 Å². The highest BCUT2D eigenvalue weighted by Crippen LogP contribution is 2.43. The van der Waals surface area contributed by atoms with Gasteiger partial charge in [-0.05, 0) is 178 Å². The molecule has 26 heteroatoms. The van der Waals surface area contributed by atoms with Gasteiger partial charge in [-0.25, -0.2) is 9.97 Å². The molecule has 620 valence electrons. The molecule has 9 aromatic rings. The second kappa shape index (κ2) is 41.0. The number of amides is 1. The number of thiazole rings is 2. The van der Waals surface area contributed by atoms with Crippen LogP contribution in [0.15, 0.2) is 108 Å². The Morgan fingerprint density at radius 1 is 0.522 bits per heavy atom. The predicted octanol–water partition coefficient (Wildman–Crippen LogP) is 13.4. The molecule has 1 amide bonds. The molecule has 7 aliphatic heterocycles. The van der Waals surface area contributed by atoms with E-state index in [1.807, 2.05) is 59.0 Å². The smallest absolute Gasteiger partial charge is 0.222 e. The monoisotopic (exact) mass is 1610 g/mol. The van der Waals surface area contributed by atoms with E-state index in [1.165, 1.54) is 61.7 Å². The van der Waals surface area contributed by atoms with Gasteiger partial charge in [0.25, 0.3) is 0 Å². The molecule has 7 aliphatic rings. The number of piperidine rings is 1. The van der Waals surface area contributed by atoms with Crippen molar-refractivity contribution in [2.45, 2.75) is 148 Å². The van der Waals surface area contributed by atoms with Gasteiger partial charge in [0.15, 0.2) is 5.13 Å². The van der Waals surface area contributed by atoms with Crippen molar-refractivity contribution in [1.82, 2.24) is 69.4 Å². The number of aliphatic hydroxyl groups is 1. The Labute approximate surface area is 690 Å². The maximum absolute atomic E-state index is 13.2. The second-order valence-electron chi connectivity index (χ2n) is 32.7. The molecule has 0 spiro atoms. The number of carbonyl (C=O) groups is 1. The van der Waals surface area contributed by atoms with Crippen LogP contribution in [0.2, 0.25) is 0 Å². The number of hydrogen-bond acceptors (Lipinski definition) is 24. The van der Waals surface area contributed by atoms with E-state index in [4.69, 9.17) is 49.0 Å². The maximum Gasteiger partial charge on any atom is 0.222 e. The summed E-state index contributed by atoms with van der Waals surface area (Å²) in [6.07, 6.45) is 20.3. The first-order valence-corrected chi connectivity index (χ1v) is 44.7. The summed E-state index contributed by atoms with van der Waals surface area (Å²) in [5.41, 5.74) is 10.9. The third kappa shape index (κ3) is 21.2. The fourth-order valence-electron chi connectivity index (χ4n) is 18.1. The zero-order valence-electron chi connectivity index (χ0n) is 69.6. The fourth-order valence-corrected chi connectivity index (χ4v) is 20.0. The van der Waals surface area contributed by atoms with Gasteiger partial charge in [0.05, 0.1) is 97.4 Å². The standard InChI is InChI=1S/C31H45N7O2.C30H42N6O3S.C28H39N5OS/c1-23(2)38-17-10-26(34-38)27(22-28(39)32-12-18-35-13-5-6-14-35)36-15-8-16-37(20-19-36)30-29-25(9-7-11-33-29)21-24(3)31(30)40-4;1-38-27-6-5-23-4-2-10-31-28(23)29(27)35-12-3-11-34(16-17-35)26(9-15-33-13-7-24(37)8-14-33)25-22-40-30(32-25)36-18-20-39-21-19-36;1-21(2)28-30-23(20-35-28)24(11-17-31-13-4-5-14-31)32-15-7-16-33(19-18-32)27-25(34-3)10-9-22-8-6-12-29-26(22)27/h7,9-11,17,21,23,27H,5-6,8,12-16,18-20,22H2,1-4H3,(H,32,39);2,4-6,10,22,24,26,37H,3,7-9,11-21H2,1H3;6,8-10,12,20-21,24H,4-5,7,11,13-19H2,1-3H3/t27-;;/m0../s1. The first kappa shape index (κ1) is 83.6. The molecule has 3 atom stereocenters. The number of aliphatic hydroxyl groups excluding tert-OH is 1. The number of likely N-dealkylation sites (tertiary alicyclic amines) is 3. The Hall–Kier alpha value is -7.89. The summed E-state index contributed by atoms with van der Waals surface area (Å²) >= 11 is 3.60. The number of ether oxygens (including phenoxy) is 4. The summed E-state index contributed by atoms with van der Waals surface area (Å²) in [7, 11) is 5.26. The topological polar surface area (TPSA) is 201 Å². The lowest BCUT2D eigenvalue weighted by Gasteiger charge is -2.34. The molecule has 0 radical (unpaired) electrons. The molecule has 2 unspecified atom stereocenters. The number of aryl methyl sites for hydroxylation is 1. The SMILES string of the molecule is COc1c(C)cc2cccnc2c1N1CCCN([C@@H](CC(=O)NCCN2CCCC2)c2ccn(C(C)C)n2)CC1.COc1ccc2cccnc2c1N1CCCN(C(CCN2CCC(O)CC2)c2csc(N3CCOCC3)n2)CC1.COc1ccc2cccnc2c1N1CCCN(C(CCN2CCCC2)c2csc(C(C)C)n2)CC1. The van der Waals surface area contributed by atoms with Crippen molar-refractivity contribution >= 4 is 83.5 Å². The van der Waals surface area contributed by atoms with Gasteiger partial charge in [-0.1, -0.05) is 32.0 Å². The van der Waals surface area contributed by atoms with E-state index in [0.717, 1.165) is 272 Å². The molecule has 115 heavy (non-hydrogen) atoms. The summed E-state index contributed by atoms with van der Waals surface area (Å²) in [5, 5.41) is 28.5. The van der Waals surface area contributed by atoms with E-state index in [2.05, 4.69) is 154 Å². The first-order chi connectivity index (χ1) is 56.3. The lowest BCUT2D eigenvalue weighted by molar-refractivity contribution is -0.122. The van der Waals surface area contributed by atoms with E-state index in [-0.39, 0.29) is 30.1 Å². The molecule has 0 bridgehead atoms. The number of pyridine rings is 3. The van der Waals surface area contributed by atoms with Gasteiger partial charge in [-0.2, -0.15) is 5.10 Å². The second-order valence-corrected chi connectivity index (χ2v) is 34.5. The number of fused-ring (bicyclic) bond motifs is 3. The van der Waals surface area contributed by atoms with E-state index >= 15 is 0 Å². The Balaban J connectivity index is 0.000000143. The molecule has 3 aromatic carbocycles. The quantitative estimate of drug-likeness (QED) is 0.0518. The van der Waals surface area contributed by atoms with Crippen LogP contribution in [0.3, 0.4) is 0 Å². The molecular formula is C89H126N18O6S2. The van der Waals surface area contributed by atoms with Crippen molar-refractivity contribution in [2.24, 2.45) is 0 Å². The molecule has 24 nitrogen and oxygen atoms in total. The number of rotatable bonds is 26. The van der Waals surface area contributed by atoms with E-state index in [0.29, 0.717) is 24.9 Å². The molecule has 0 saturated carbocycles. The summed E-state index contributed by atoms with van der Waals surface area (Å²) < 4.78 is 25.1. The molecule has 0 aliphatic carbocycles. The number of aromatic nitrogens is 7. The Morgan fingerprint density at radius 3 is 1.55 bits per heavy atom. The maximum atomic E-state index is 13.2. The molecule has 16 rings (SSSR count). The summed E-state index contributed by atoms with van der Waals surface area (Å²) in [6, 6.07) is 25.8. The van der Waals surface area contributed by atoms with Crippen molar-refractivity contribution in [3.63, 3.8) is 0 Å². The highest BCUT2D eigenvalue weighted by Gasteiger charge is 2.34. The average Bonchev–Trinajstić information content (AvgIpc) is 1.25. The van der Waals surface area contributed by atoms with Gasteiger partial charge in [-0.3, -0.25) is 39.1 Å². The molecule has 2 N–H and O–H groups in total. The summed E-state index contributed by atoms with van der Waals surface area (Å²) in [5.74, 6) is 3.28. The fraction of sp³-hybridized carbons (Fsp3) is 0.584. The van der Waals surface area contributed by atoms with Gasteiger partial charge < -0.3 is 63.7 Å². The van der Waals surface area contributed by atoms with Crippen molar-refractivity contribution in [2.75, 3.05) is 211 Å². The minimum atomic E-state index is -0.140. The summed E-state index contributed by atoms with van der Waals surface area (Å²) in [6.45, 7) is 36.2. The number of methoxy groups -OCH3 is 3. The normalized spacial score (nSPS) is 19.3. The van der Waals surface area contributed by atoms with Crippen molar-refractivity contribution in [3.8, 4) is 17.2 Å². The number of hydrogen-bond donors (Lipinski definition) is 2. The van der Waals surface area contributed by atoms with E-state index in [1.54, 1.807) is 32.7 Å². The predicted molar refractivity (Wildman–Crippen MR) is 467 cm³/mol. The average molecular weight is 1610 g/mol. The van der Waals surface area contributed by atoms with Crippen LogP contribution in [-0.4, -0.2) is 273 Å². The number of morpholine rings is 1. The van der Waals surface area contributed by atoms with Crippen LogP contribution in [0.5, 0.6) is 17.2 Å². The molecule has 7 fully saturated rings. The van der Waals surface area contributed by atoms with Crippen molar-refractivity contribution in [3.05, 3.63) is 136 Å². The van der Waals surface area contributed by atoms with Gasteiger partial charge in [0, 0.05) is 201 Å². The van der Waals surface area contributed by atoms with Crippen molar-refractivity contribution < 1.29 is 28.8 Å². The van der Waals surface area contributed by atoms with Crippen LogP contribution in [0, 0.1) is 6.92 Å². The highest BCUT2D eigenvalue weighted by molar-refractivity contribution is 7.13. The third-order valence-electron chi connectivity index (χ3n) is 24.5. The molecule has 7 saturated heterocycles. The first-order valence-electron chi connectivity index (χ1n) is 42.9. The van der Waals surface area contributed by atoms with E-state index < -0.39 is 0 Å². The Morgan fingerprint density at radius 2 is 1.03 bits per heavy atom. The van der Waals surface area contributed by atoms with Crippen LogP contribution in [0.4, 0.5) is 22.2 Å². The van der Waals surface area contributed by atoms with Crippen LogP contribution in [-0.2, 0) is 9.53 Å². The largest absolute Gasteiger partial charge is 0.494 e. The number of carbonyl (C=O) groups excluding carboxylic acids is 1. The number of anilines is 4. The molecule has 13 heterocycles. The van der Waals surface area contributed by atoms with Gasteiger partial charge >= 0.3 is 0 Å². The van der Waals surface area contributed by atoms with Crippen LogP contribution < -0.4 is 39.1 Å². The van der Waals surface area contributed by atoms with Crippen LogP contribution in [0.25, 0.3) is 32.7 Å². The van der Waals surface area contributed by atoms with Gasteiger partial charge in [-0.15, -0.1) is 22.7 Å². The number of nitrogens with one attached hydrogen (secondary N) is 1. The molecular weight excluding hydrogens is 1480 g/mol. The number of benzene rings is 3. The Bertz CT molecular complexity index is 4530. The Kier molecular flexibility index (Phi) is 29.8.